The Morgan fingerprint density at radius 1 is 1.47 bits per heavy atom. The molecule has 0 amide bonds. The lowest BCUT2D eigenvalue weighted by molar-refractivity contribution is -0.151. The van der Waals surface area contributed by atoms with E-state index in [0.29, 0.717) is 19.4 Å². The molecule has 0 aromatic heterocycles. The Balaban J connectivity index is 2.66. The summed E-state index contributed by atoms with van der Waals surface area (Å²) < 4.78 is 10.9. The van der Waals surface area contributed by atoms with Crippen LogP contribution < -0.4 is 5.32 Å². The quantitative estimate of drug-likeness (QED) is 0.740. The zero-order chi connectivity index (χ0) is 14.5. The Morgan fingerprint density at radius 2 is 2.16 bits per heavy atom. The molecule has 5 heteroatoms. The van der Waals surface area contributed by atoms with Gasteiger partial charge in [-0.05, 0) is 40.0 Å². The number of aliphatic carboxylic acids is 1. The molecule has 112 valence electrons. The van der Waals surface area contributed by atoms with E-state index in [1.807, 2.05) is 20.8 Å². The second-order valence-corrected chi connectivity index (χ2v) is 5.81. The van der Waals surface area contributed by atoms with Crippen LogP contribution in [0.4, 0.5) is 0 Å². The van der Waals surface area contributed by atoms with Gasteiger partial charge in [-0.1, -0.05) is 0 Å². The second kappa shape index (κ2) is 7.22. The van der Waals surface area contributed by atoms with Crippen molar-refractivity contribution >= 4 is 5.97 Å². The minimum absolute atomic E-state index is 0.00125. The largest absolute Gasteiger partial charge is 0.480 e. The van der Waals surface area contributed by atoms with Gasteiger partial charge in [0.25, 0.3) is 0 Å². The fourth-order valence-corrected chi connectivity index (χ4v) is 2.88. The molecule has 1 fully saturated rings. The van der Waals surface area contributed by atoms with E-state index in [-0.39, 0.29) is 18.2 Å². The van der Waals surface area contributed by atoms with E-state index in [1.54, 1.807) is 7.11 Å². The van der Waals surface area contributed by atoms with Gasteiger partial charge in [0, 0.05) is 19.6 Å². The van der Waals surface area contributed by atoms with Crippen molar-refractivity contribution in [1.29, 1.82) is 0 Å². The minimum Gasteiger partial charge on any atom is -0.480 e. The number of hydrogen-bond acceptors (Lipinski definition) is 4. The Bertz CT molecular complexity index is 295. The zero-order valence-electron chi connectivity index (χ0n) is 12.4. The summed E-state index contributed by atoms with van der Waals surface area (Å²) in [7, 11) is 1.64. The molecule has 0 spiro atoms. The molecule has 0 heterocycles. The number of nitrogens with one attached hydrogen (secondary N) is 1. The predicted molar refractivity (Wildman–Crippen MR) is 73.3 cm³/mol. The fourth-order valence-electron chi connectivity index (χ4n) is 2.88. The van der Waals surface area contributed by atoms with Crippen molar-refractivity contribution in [2.75, 3.05) is 13.7 Å². The van der Waals surface area contributed by atoms with Crippen LogP contribution in [0.15, 0.2) is 0 Å². The number of ether oxygens (including phenoxy) is 2. The first-order valence-electron chi connectivity index (χ1n) is 7.05. The molecule has 0 aromatic rings. The lowest BCUT2D eigenvalue weighted by Gasteiger charge is -2.40. The van der Waals surface area contributed by atoms with Crippen LogP contribution in [0.5, 0.6) is 0 Å². The van der Waals surface area contributed by atoms with E-state index in [1.165, 1.54) is 0 Å². The van der Waals surface area contributed by atoms with E-state index < -0.39 is 11.5 Å². The van der Waals surface area contributed by atoms with Crippen LogP contribution in [-0.2, 0) is 14.3 Å². The van der Waals surface area contributed by atoms with Crippen molar-refractivity contribution in [2.45, 2.75) is 70.2 Å². The van der Waals surface area contributed by atoms with Gasteiger partial charge in [0.15, 0.2) is 0 Å². The van der Waals surface area contributed by atoms with Crippen LogP contribution in [0.3, 0.4) is 0 Å². The molecule has 0 bridgehead atoms. The van der Waals surface area contributed by atoms with E-state index in [4.69, 9.17) is 9.47 Å². The zero-order valence-corrected chi connectivity index (χ0v) is 12.4. The minimum atomic E-state index is -0.843. The molecular formula is C14H27NO4. The molecule has 0 aromatic carbocycles. The van der Waals surface area contributed by atoms with Crippen LogP contribution >= 0.6 is 0 Å². The summed E-state index contributed by atoms with van der Waals surface area (Å²) in [6, 6.07) is 0.145. The molecular weight excluding hydrogens is 246 g/mol. The number of carboxylic acids is 1. The summed E-state index contributed by atoms with van der Waals surface area (Å²) >= 11 is 0. The van der Waals surface area contributed by atoms with Crippen molar-refractivity contribution < 1.29 is 19.4 Å². The number of carbonyl (C=O) groups is 1. The molecule has 1 rings (SSSR count). The van der Waals surface area contributed by atoms with Gasteiger partial charge in [-0.3, -0.25) is 10.1 Å². The van der Waals surface area contributed by atoms with Crippen LogP contribution in [0.2, 0.25) is 0 Å². The van der Waals surface area contributed by atoms with Gasteiger partial charge in [0.1, 0.15) is 5.54 Å². The van der Waals surface area contributed by atoms with Crippen molar-refractivity contribution in [2.24, 2.45) is 0 Å². The molecule has 3 unspecified atom stereocenters. The number of methoxy groups -OCH3 is 1. The second-order valence-electron chi connectivity index (χ2n) is 5.81. The third kappa shape index (κ3) is 4.75. The van der Waals surface area contributed by atoms with Gasteiger partial charge in [0.2, 0.25) is 0 Å². The lowest BCUT2D eigenvalue weighted by atomic mass is 9.79. The number of rotatable bonds is 7. The van der Waals surface area contributed by atoms with Gasteiger partial charge in [-0.15, -0.1) is 0 Å². The SMILES string of the molecule is COCC(C)OC1CCCC(NC(C)C)(C(=O)O)C1. The van der Waals surface area contributed by atoms with Gasteiger partial charge >= 0.3 is 5.97 Å². The van der Waals surface area contributed by atoms with Crippen molar-refractivity contribution in [1.82, 2.24) is 5.32 Å². The van der Waals surface area contributed by atoms with Gasteiger partial charge in [-0.2, -0.15) is 0 Å². The molecule has 19 heavy (non-hydrogen) atoms. The molecule has 1 aliphatic rings. The van der Waals surface area contributed by atoms with E-state index in [9.17, 15) is 9.90 Å². The van der Waals surface area contributed by atoms with E-state index in [2.05, 4.69) is 5.32 Å². The summed E-state index contributed by atoms with van der Waals surface area (Å²) in [5.74, 6) is -0.770. The molecule has 2 N–H and O–H groups in total. The Morgan fingerprint density at radius 3 is 2.68 bits per heavy atom. The van der Waals surface area contributed by atoms with Crippen molar-refractivity contribution in [3.05, 3.63) is 0 Å². The Hall–Kier alpha value is -0.650. The molecule has 3 atom stereocenters. The first-order valence-corrected chi connectivity index (χ1v) is 7.05. The monoisotopic (exact) mass is 273 g/mol. The fraction of sp³-hybridized carbons (Fsp3) is 0.929. The average Bonchev–Trinajstić information content (AvgIpc) is 2.28. The summed E-state index contributed by atoms with van der Waals surface area (Å²) in [5.41, 5.74) is -0.843. The highest BCUT2D eigenvalue weighted by Gasteiger charge is 2.43. The highest BCUT2D eigenvalue weighted by molar-refractivity contribution is 5.79. The number of hydrogen-bond donors (Lipinski definition) is 2. The van der Waals surface area contributed by atoms with Crippen LogP contribution in [-0.4, -0.2) is 48.6 Å². The molecule has 1 aliphatic carbocycles. The maximum Gasteiger partial charge on any atom is 0.324 e. The first kappa shape index (κ1) is 16.4. The van der Waals surface area contributed by atoms with Crippen LogP contribution in [0.1, 0.15) is 46.5 Å². The van der Waals surface area contributed by atoms with Crippen LogP contribution in [0, 0.1) is 0 Å². The third-order valence-electron chi connectivity index (χ3n) is 3.51. The maximum atomic E-state index is 11.6. The Labute approximate surface area is 115 Å². The predicted octanol–water partition coefficient (Wildman–Crippen LogP) is 1.80. The number of carboxylic acid groups (broad SMARTS) is 1. The van der Waals surface area contributed by atoms with E-state index >= 15 is 0 Å². The van der Waals surface area contributed by atoms with E-state index in [0.717, 1.165) is 12.8 Å². The maximum absolute atomic E-state index is 11.6. The van der Waals surface area contributed by atoms with Gasteiger partial charge in [0.05, 0.1) is 18.8 Å². The topological polar surface area (TPSA) is 67.8 Å². The lowest BCUT2D eigenvalue weighted by Crippen LogP contribution is -2.58. The molecule has 0 saturated heterocycles. The molecule has 0 radical (unpaired) electrons. The van der Waals surface area contributed by atoms with Crippen molar-refractivity contribution in [3.63, 3.8) is 0 Å². The van der Waals surface area contributed by atoms with Crippen molar-refractivity contribution in [3.8, 4) is 0 Å². The molecule has 1 saturated carbocycles. The summed E-state index contributed by atoms with van der Waals surface area (Å²) in [6.07, 6.45) is 2.97. The van der Waals surface area contributed by atoms with Crippen LogP contribution in [0.25, 0.3) is 0 Å². The molecule has 0 aliphatic heterocycles. The molecule has 5 nitrogen and oxygen atoms in total. The first-order chi connectivity index (χ1) is 8.89. The highest BCUT2D eigenvalue weighted by atomic mass is 16.5. The smallest absolute Gasteiger partial charge is 0.324 e. The van der Waals surface area contributed by atoms with Gasteiger partial charge < -0.3 is 14.6 Å². The Kier molecular flexibility index (Phi) is 6.23. The summed E-state index contributed by atoms with van der Waals surface area (Å²) in [4.78, 5) is 11.6. The summed E-state index contributed by atoms with van der Waals surface area (Å²) in [6.45, 7) is 6.44. The highest BCUT2D eigenvalue weighted by Crippen LogP contribution is 2.31. The summed E-state index contributed by atoms with van der Waals surface area (Å²) in [5, 5.41) is 12.8. The normalized spacial score (nSPS) is 29.4. The standard InChI is InChI=1S/C14H27NO4/c1-10(2)15-14(13(16)17)7-5-6-12(8-14)19-11(3)9-18-4/h10-12,15H,5-9H2,1-4H3,(H,16,17). The average molecular weight is 273 g/mol. The van der Waals surface area contributed by atoms with Gasteiger partial charge in [-0.25, -0.2) is 0 Å². The third-order valence-corrected chi connectivity index (χ3v) is 3.51.